The minimum atomic E-state index is -0.953. The normalized spacial score (nSPS) is 10.4. The molecule has 2 aromatic carbocycles. The molecule has 0 amide bonds. The second-order valence-corrected chi connectivity index (χ2v) is 4.65. The number of rotatable bonds is 4. The van der Waals surface area contributed by atoms with E-state index in [4.69, 9.17) is 14.3 Å². The van der Waals surface area contributed by atoms with Gasteiger partial charge in [0, 0.05) is 11.1 Å². The van der Waals surface area contributed by atoms with E-state index in [1.807, 2.05) is 24.3 Å². The van der Waals surface area contributed by atoms with Crippen LogP contribution in [0.5, 0.6) is 5.75 Å². The molecule has 22 heavy (non-hydrogen) atoms. The fourth-order valence-electron chi connectivity index (χ4n) is 2.06. The van der Waals surface area contributed by atoms with Gasteiger partial charge >= 0.3 is 5.97 Å². The first-order chi connectivity index (χ1) is 10.7. The predicted octanol–water partition coefficient (Wildman–Crippen LogP) is 3.72. The van der Waals surface area contributed by atoms with Crippen molar-refractivity contribution in [3.8, 4) is 28.5 Å². The molecule has 1 heterocycles. The Balaban J connectivity index is 1.87. The van der Waals surface area contributed by atoms with E-state index in [9.17, 15) is 4.79 Å². The zero-order chi connectivity index (χ0) is 15.5. The van der Waals surface area contributed by atoms with Gasteiger partial charge in [0.15, 0.2) is 0 Å². The lowest BCUT2D eigenvalue weighted by Gasteiger charge is -1.99. The van der Waals surface area contributed by atoms with E-state index in [1.165, 1.54) is 0 Å². The molecule has 5 heteroatoms. The van der Waals surface area contributed by atoms with E-state index in [1.54, 1.807) is 37.6 Å². The molecule has 1 aromatic heterocycles. The molecule has 0 unspecified atom stereocenters. The SMILES string of the molecule is COc1ccc(-c2nc(-c3ccc(C(=O)O)cc3)co2)cc1. The van der Waals surface area contributed by atoms with E-state index < -0.39 is 5.97 Å². The summed E-state index contributed by atoms with van der Waals surface area (Å²) in [5.41, 5.74) is 2.54. The van der Waals surface area contributed by atoms with Gasteiger partial charge in [-0.05, 0) is 36.4 Å². The van der Waals surface area contributed by atoms with Crippen molar-refractivity contribution in [2.45, 2.75) is 0 Å². The van der Waals surface area contributed by atoms with Crippen LogP contribution in [0.4, 0.5) is 0 Å². The maximum absolute atomic E-state index is 10.8. The van der Waals surface area contributed by atoms with Gasteiger partial charge in [0.05, 0.1) is 12.7 Å². The molecule has 0 aliphatic carbocycles. The Labute approximate surface area is 126 Å². The average molecular weight is 295 g/mol. The zero-order valence-corrected chi connectivity index (χ0v) is 11.8. The first-order valence-corrected chi connectivity index (χ1v) is 6.61. The molecular formula is C17H13NO4. The zero-order valence-electron chi connectivity index (χ0n) is 11.8. The molecular weight excluding hydrogens is 282 g/mol. The number of oxazole rings is 1. The first-order valence-electron chi connectivity index (χ1n) is 6.61. The number of methoxy groups -OCH3 is 1. The Morgan fingerprint density at radius 3 is 2.27 bits per heavy atom. The van der Waals surface area contributed by atoms with Gasteiger partial charge in [-0.2, -0.15) is 0 Å². The van der Waals surface area contributed by atoms with Gasteiger partial charge in [-0.3, -0.25) is 0 Å². The number of carbonyl (C=O) groups is 1. The largest absolute Gasteiger partial charge is 0.497 e. The lowest BCUT2D eigenvalue weighted by atomic mass is 10.1. The predicted molar refractivity (Wildman–Crippen MR) is 80.9 cm³/mol. The number of benzene rings is 2. The summed E-state index contributed by atoms with van der Waals surface area (Å²) >= 11 is 0. The average Bonchev–Trinajstić information content (AvgIpc) is 3.05. The van der Waals surface area contributed by atoms with Gasteiger partial charge in [0.25, 0.3) is 0 Å². The summed E-state index contributed by atoms with van der Waals surface area (Å²) in [4.78, 5) is 15.3. The summed E-state index contributed by atoms with van der Waals surface area (Å²) in [6.07, 6.45) is 1.55. The summed E-state index contributed by atoms with van der Waals surface area (Å²) in [7, 11) is 1.61. The van der Waals surface area contributed by atoms with Crippen molar-refractivity contribution in [2.24, 2.45) is 0 Å². The Bertz CT molecular complexity index is 788. The number of carboxylic acids is 1. The summed E-state index contributed by atoms with van der Waals surface area (Å²) in [5, 5.41) is 8.90. The molecule has 0 radical (unpaired) electrons. The molecule has 0 aliphatic heterocycles. The van der Waals surface area contributed by atoms with Crippen LogP contribution < -0.4 is 4.74 Å². The molecule has 0 atom stereocenters. The quantitative estimate of drug-likeness (QED) is 0.794. The Kier molecular flexibility index (Phi) is 3.62. The second-order valence-electron chi connectivity index (χ2n) is 4.65. The number of aromatic carboxylic acids is 1. The molecule has 0 saturated carbocycles. The van der Waals surface area contributed by atoms with Crippen molar-refractivity contribution in [1.82, 2.24) is 4.98 Å². The van der Waals surface area contributed by atoms with Gasteiger partial charge in [0.2, 0.25) is 5.89 Å². The highest BCUT2D eigenvalue weighted by Crippen LogP contribution is 2.26. The molecule has 0 spiro atoms. The molecule has 1 N–H and O–H groups in total. The summed E-state index contributed by atoms with van der Waals surface area (Å²) in [6, 6.07) is 13.9. The number of aromatic nitrogens is 1. The molecule has 110 valence electrons. The van der Waals surface area contributed by atoms with Crippen molar-refractivity contribution in [2.75, 3.05) is 7.11 Å². The van der Waals surface area contributed by atoms with Crippen LogP contribution in [0.1, 0.15) is 10.4 Å². The van der Waals surface area contributed by atoms with Crippen molar-refractivity contribution in [1.29, 1.82) is 0 Å². The highest BCUT2D eigenvalue weighted by molar-refractivity contribution is 5.88. The van der Waals surface area contributed by atoms with Crippen LogP contribution in [0.15, 0.2) is 59.2 Å². The van der Waals surface area contributed by atoms with Gasteiger partial charge in [0.1, 0.15) is 17.7 Å². The van der Waals surface area contributed by atoms with Gasteiger partial charge in [-0.25, -0.2) is 9.78 Å². The molecule has 5 nitrogen and oxygen atoms in total. The minimum Gasteiger partial charge on any atom is -0.497 e. The Hall–Kier alpha value is -3.08. The van der Waals surface area contributed by atoms with Gasteiger partial charge in [-0.15, -0.1) is 0 Å². The molecule has 0 bridgehead atoms. The molecule has 0 fully saturated rings. The number of ether oxygens (including phenoxy) is 1. The van der Waals surface area contributed by atoms with E-state index >= 15 is 0 Å². The lowest BCUT2D eigenvalue weighted by Crippen LogP contribution is -1.94. The highest BCUT2D eigenvalue weighted by atomic mass is 16.5. The van der Waals surface area contributed by atoms with E-state index in [0.717, 1.165) is 16.9 Å². The maximum atomic E-state index is 10.8. The molecule has 3 aromatic rings. The highest BCUT2D eigenvalue weighted by Gasteiger charge is 2.09. The van der Waals surface area contributed by atoms with Gasteiger partial charge in [-0.1, -0.05) is 12.1 Å². The summed E-state index contributed by atoms with van der Waals surface area (Å²) in [5.74, 6) is 0.311. The van der Waals surface area contributed by atoms with Crippen LogP contribution in [0.25, 0.3) is 22.7 Å². The number of nitrogens with zero attached hydrogens (tertiary/aromatic N) is 1. The molecule has 0 saturated heterocycles. The Morgan fingerprint density at radius 1 is 1.05 bits per heavy atom. The monoisotopic (exact) mass is 295 g/mol. The van der Waals surface area contributed by atoms with Crippen LogP contribution in [-0.4, -0.2) is 23.2 Å². The maximum Gasteiger partial charge on any atom is 0.335 e. The van der Waals surface area contributed by atoms with Crippen LogP contribution in [0.2, 0.25) is 0 Å². The molecule has 3 rings (SSSR count). The summed E-state index contributed by atoms with van der Waals surface area (Å²) < 4.78 is 10.6. The fraction of sp³-hybridized carbons (Fsp3) is 0.0588. The van der Waals surface area contributed by atoms with Crippen LogP contribution >= 0.6 is 0 Å². The van der Waals surface area contributed by atoms with Crippen LogP contribution in [0.3, 0.4) is 0 Å². The third-order valence-electron chi connectivity index (χ3n) is 3.27. The lowest BCUT2D eigenvalue weighted by molar-refractivity contribution is 0.0697. The van der Waals surface area contributed by atoms with E-state index in [2.05, 4.69) is 4.98 Å². The van der Waals surface area contributed by atoms with Crippen molar-refractivity contribution >= 4 is 5.97 Å². The summed E-state index contributed by atoms with van der Waals surface area (Å²) in [6.45, 7) is 0. The minimum absolute atomic E-state index is 0.239. The van der Waals surface area contributed by atoms with Crippen LogP contribution in [0, 0.1) is 0 Å². The number of hydrogen-bond acceptors (Lipinski definition) is 4. The van der Waals surface area contributed by atoms with Crippen molar-refractivity contribution in [3.05, 3.63) is 60.4 Å². The van der Waals surface area contributed by atoms with Crippen molar-refractivity contribution < 1.29 is 19.1 Å². The number of hydrogen-bond donors (Lipinski definition) is 1. The number of carboxylic acid groups (broad SMARTS) is 1. The van der Waals surface area contributed by atoms with E-state index in [-0.39, 0.29) is 5.56 Å². The van der Waals surface area contributed by atoms with Crippen LogP contribution in [-0.2, 0) is 0 Å². The first kappa shape index (κ1) is 13.9. The smallest absolute Gasteiger partial charge is 0.335 e. The van der Waals surface area contributed by atoms with E-state index in [0.29, 0.717) is 11.6 Å². The topological polar surface area (TPSA) is 72.6 Å². The Morgan fingerprint density at radius 2 is 1.68 bits per heavy atom. The van der Waals surface area contributed by atoms with Gasteiger partial charge < -0.3 is 14.3 Å². The standard InChI is InChI=1S/C17H13NO4/c1-21-14-8-6-12(7-9-14)16-18-15(10-22-16)11-2-4-13(5-3-11)17(19)20/h2-10H,1H3,(H,19,20). The van der Waals surface area contributed by atoms with Crippen molar-refractivity contribution in [3.63, 3.8) is 0 Å². The third kappa shape index (κ3) is 2.69. The molecule has 0 aliphatic rings. The third-order valence-corrected chi connectivity index (χ3v) is 3.27. The second kappa shape index (κ2) is 5.73. The fourth-order valence-corrected chi connectivity index (χ4v) is 2.06.